The normalized spacial score (nSPS) is 13.0. The molecule has 3 aliphatic heterocycles. The zero-order valence-corrected chi connectivity index (χ0v) is 45.7. The van der Waals surface area contributed by atoms with Gasteiger partial charge in [-0.3, -0.25) is 9.59 Å². The highest BCUT2D eigenvalue weighted by atomic mass is 127. The Hall–Kier alpha value is -5.73. The van der Waals surface area contributed by atoms with Gasteiger partial charge in [0.1, 0.15) is 0 Å². The summed E-state index contributed by atoms with van der Waals surface area (Å²) in [5.74, 6) is -2.38. The Bertz CT molecular complexity index is 2870. The largest absolute Gasteiger partial charge is 0.478 e. The lowest BCUT2D eigenvalue weighted by Crippen LogP contribution is -2.36. The smallest absolute Gasteiger partial charge is 0.337 e. The first kappa shape index (κ1) is 54.6. The van der Waals surface area contributed by atoms with E-state index in [1.165, 1.54) is 25.3 Å². The number of benzene rings is 6. The number of fused-ring (bicyclic) bond motifs is 3. The molecule has 0 saturated carbocycles. The molecule has 17 heteroatoms. The van der Waals surface area contributed by atoms with Crippen LogP contribution < -0.4 is 5.32 Å². The van der Waals surface area contributed by atoms with Crippen LogP contribution in [0.2, 0.25) is 0 Å². The standard InChI is InChI=1S/C18H16BrNO3.C17H14BrNO3.C11H13NO2.C7H5BrO2.CH3I/c1-23-18(22)14-2-3-15-11-20(9-8-13(15)10-14)17(21)12-4-6-16(19)7-5-12;18-15-5-3-11(4-6-15)16(20)19-8-7-12-9-13(17(21)22)1-2-14(12)10-19;1-14-11(13)9-2-3-10-7-12-5-4-8(10)6-9;8-6-3-1-5(2-4-6)7(9)10;1-2/h2-7,10H,8-9,11H2,1H3;1-6,9H,7-8,10H2,(H,21,22);2-3,6,12H,4-5,7H2,1H3;1-4H,(H,9,10);1H3/i;;;;1D. The summed E-state index contributed by atoms with van der Waals surface area (Å²) < 4.78 is 18.4. The molecule has 6 aromatic carbocycles. The molecule has 71 heavy (non-hydrogen) atoms. The number of nitrogens with zero attached hydrogens (tertiary/aromatic N) is 2. The average Bonchev–Trinajstić information content (AvgIpc) is 3.40. The maximum atomic E-state index is 12.6. The molecule has 0 bridgehead atoms. The van der Waals surface area contributed by atoms with Gasteiger partial charge in [-0.1, -0.05) is 88.6 Å². The lowest BCUT2D eigenvalue weighted by atomic mass is 9.96. The van der Waals surface area contributed by atoms with Gasteiger partial charge in [0.15, 0.2) is 0 Å². The number of carboxylic acids is 2. The van der Waals surface area contributed by atoms with Crippen molar-refractivity contribution in [1.29, 1.82) is 0 Å². The highest BCUT2D eigenvalue weighted by Crippen LogP contribution is 2.25. The number of amides is 2. The van der Waals surface area contributed by atoms with Crippen molar-refractivity contribution in [2.24, 2.45) is 0 Å². The molecule has 2 amide bonds. The van der Waals surface area contributed by atoms with Gasteiger partial charge in [-0.2, -0.15) is 0 Å². The molecule has 3 aliphatic rings. The molecular weight excluding hydrogens is 1220 g/mol. The number of carbonyl (C=O) groups excluding carboxylic acids is 4. The monoisotopic (exact) mass is 1270 g/mol. The van der Waals surface area contributed by atoms with Crippen LogP contribution in [0.5, 0.6) is 0 Å². The molecule has 0 saturated heterocycles. The van der Waals surface area contributed by atoms with Gasteiger partial charge in [0.25, 0.3) is 11.8 Å². The number of halogens is 4. The number of rotatable bonds is 6. The summed E-state index contributed by atoms with van der Waals surface area (Å²) in [6.45, 7) is 4.21. The Morgan fingerprint density at radius 1 is 0.507 bits per heavy atom. The number of carboxylic acid groups (broad SMARTS) is 2. The van der Waals surface area contributed by atoms with Gasteiger partial charge in [-0.25, -0.2) is 19.2 Å². The van der Waals surface area contributed by atoms with E-state index in [9.17, 15) is 28.8 Å². The summed E-state index contributed by atoms with van der Waals surface area (Å²) in [7, 11) is 2.78. The fourth-order valence-corrected chi connectivity index (χ4v) is 8.49. The Morgan fingerprint density at radius 3 is 1.24 bits per heavy atom. The number of hydrogen-bond donors (Lipinski definition) is 3. The summed E-state index contributed by atoms with van der Waals surface area (Å²) in [5, 5.41) is 20.8. The van der Waals surface area contributed by atoms with Crippen LogP contribution in [0.3, 0.4) is 0 Å². The minimum absolute atomic E-state index is 0.000427. The fraction of sp³-hybridized carbons (Fsp3) is 0.222. The average molecular weight is 1270 g/mol. The summed E-state index contributed by atoms with van der Waals surface area (Å²) >= 11 is 11.9. The van der Waals surface area contributed by atoms with Crippen molar-refractivity contribution >= 4 is 106 Å². The van der Waals surface area contributed by atoms with Crippen LogP contribution in [0, 0.1) is 0 Å². The molecule has 9 rings (SSSR count). The van der Waals surface area contributed by atoms with Gasteiger partial charge < -0.3 is 34.8 Å². The van der Waals surface area contributed by atoms with Gasteiger partial charge in [0, 0.05) is 58.6 Å². The number of hydrogen-bond acceptors (Lipinski definition) is 9. The predicted octanol–water partition coefficient (Wildman–Crippen LogP) is 11.1. The number of aromatic carboxylic acids is 2. The third kappa shape index (κ3) is 16.1. The molecular formula is C54H51Br3IN3O10. The van der Waals surface area contributed by atoms with E-state index in [0.29, 0.717) is 70.9 Å². The van der Waals surface area contributed by atoms with Gasteiger partial charge in [0.2, 0.25) is 0 Å². The van der Waals surface area contributed by atoms with Crippen molar-refractivity contribution in [3.63, 3.8) is 0 Å². The van der Waals surface area contributed by atoms with Crippen molar-refractivity contribution in [1.82, 2.24) is 15.1 Å². The third-order valence-corrected chi connectivity index (χ3v) is 13.1. The number of methoxy groups -OCH3 is 2. The summed E-state index contributed by atoms with van der Waals surface area (Å²) in [4.78, 5) is 73.4. The molecule has 0 atom stereocenters. The van der Waals surface area contributed by atoms with Crippen LogP contribution in [0.4, 0.5) is 0 Å². The molecule has 0 unspecified atom stereocenters. The Kier molecular flexibility index (Phi) is 21.3. The highest BCUT2D eigenvalue weighted by molar-refractivity contribution is 14.1. The lowest BCUT2D eigenvalue weighted by molar-refractivity contribution is 0.0591. The first-order chi connectivity index (χ1) is 34.5. The number of carbonyl (C=O) groups is 6. The summed E-state index contributed by atoms with van der Waals surface area (Å²) in [6.07, 6.45) is 2.40. The summed E-state index contributed by atoms with van der Waals surface area (Å²) in [6, 6.07) is 37.5. The Labute approximate surface area is 452 Å². The number of ether oxygens (including phenoxy) is 2. The molecule has 0 aliphatic carbocycles. The first-order valence-electron chi connectivity index (χ1n) is 22.7. The van der Waals surface area contributed by atoms with Crippen molar-refractivity contribution < 1.29 is 49.8 Å². The second-order valence-electron chi connectivity index (χ2n) is 15.9. The van der Waals surface area contributed by atoms with E-state index >= 15 is 0 Å². The van der Waals surface area contributed by atoms with E-state index in [1.807, 2.05) is 94.2 Å². The molecule has 13 nitrogen and oxygen atoms in total. The zero-order chi connectivity index (χ0) is 52.3. The fourth-order valence-electron chi connectivity index (χ4n) is 7.70. The van der Waals surface area contributed by atoms with E-state index in [1.54, 1.807) is 65.6 Å². The van der Waals surface area contributed by atoms with Crippen molar-refractivity contribution in [3.8, 4) is 0 Å². The molecule has 3 N–H and O–H groups in total. The van der Waals surface area contributed by atoms with Crippen molar-refractivity contribution in [2.75, 3.05) is 38.8 Å². The van der Waals surface area contributed by atoms with E-state index in [2.05, 4.69) is 57.8 Å². The molecule has 370 valence electrons. The quantitative estimate of drug-likeness (QED) is 0.0821. The van der Waals surface area contributed by atoms with Gasteiger partial charge in [0.05, 0.1) is 36.5 Å². The second-order valence-corrected chi connectivity index (χ2v) is 18.7. The molecule has 6 aromatic rings. The van der Waals surface area contributed by atoms with Crippen LogP contribution >= 0.6 is 70.4 Å². The van der Waals surface area contributed by atoms with Crippen molar-refractivity contribution in [3.05, 3.63) is 208 Å². The molecule has 0 radical (unpaired) electrons. The van der Waals surface area contributed by atoms with Gasteiger partial charge in [-0.15, -0.1) is 0 Å². The van der Waals surface area contributed by atoms with Crippen LogP contribution in [-0.4, -0.2) is 94.5 Å². The topological polar surface area (TPSA) is 180 Å². The maximum absolute atomic E-state index is 12.6. The SMILES string of the molecule is COC(=O)c1ccc2c(c1)CCN(C(=O)c1ccc(Br)cc1)C2.COC(=O)c1ccc2c(c1)CCNC2.O=C(O)c1ccc(Br)cc1.O=C(O)c1ccc2c(c1)CCN(C(=O)c1ccc(Br)cc1)C2.[2H]CI. The first-order valence-corrected chi connectivity index (χ1v) is 25.9. The zero-order valence-electron chi connectivity index (χ0n) is 39.8. The lowest BCUT2D eigenvalue weighted by Gasteiger charge is -2.29. The van der Waals surface area contributed by atoms with E-state index in [4.69, 9.17) is 16.3 Å². The highest BCUT2D eigenvalue weighted by Gasteiger charge is 2.24. The minimum atomic E-state index is -0.920. The van der Waals surface area contributed by atoms with Crippen LogP contribution in [0.25, 0.3) is 0 Å². The molecule has 0 aromatic heterocycles. The number of esters is 2. The van der Waals surface area contributed by atoms with Crippen LogP contribution in [0.15, 0.2) is 141 Å². The summed E-state index contributed by atoms with van der Waals surface area (Å²) in [5.41, 5.74) is 9.90. The minimum Gasteiger partial charge on any atom is -0.478 e. The Morgan fingerprint density at radius 2 is 0.845 bits per heavy atom. The van der Waals surface area contributed by atoms with E-state index in [-0.39, 0.29) is 23.8 Å². The van der Waals surface area contributed by atoms with Crippen molar-refractivity contribution in [2.45, 2.75) is 38.9 Å². The van der Waals surface area contributed by atoms with Crippen LogP contribution in [0.1, 0.15) is 96.9 Å². The number of nitrogens with one attached hydrogen (secondary N) is 1. The van der Waals surface area contributed by atoms with Crippen LogP contribution in [-0.2, 0) is 48.4 Å². The molecule has 3 heterocycles. The Balaban J connectivity index is 0.000000182. The number of alkyl halides is 1. The van der Waals surface area contributed by atoms with E-state index in [0.717, 1.165) is 61.6 Å². The van der Waals surface area contributed by atoms with E-state index < -0.39 is 11.9 Å². The maximum Gasteiger partial charge on any atom is 0.337 e. The van der Waals surface area contributed by atoms with Gasteiger partial charge >= 0.3 is 23.9 Å². The second kappa shape index (κ2) is 27.8. The molecule has 0 spiro atoms. The molecule has 0 fully saturated rings. The predicted molar refractivity (Wildman–Crippen MR) is 291 cm³/mol. The van der Waals surface area contributed by atoms with Gasteiger partial charge in [-0.05, 0) is 173 Å². The third-order valence-electron chi connectivity index (χ3n) is 11.5.